The Balaban J connectivity index is 1.96. The predicted molar refractivity (Wildman–Crippen MR) is 170 cm³/mol. The fraction of sp³-hybridized carbons (Fsp3) is 0.424. The van der Waals surface area contributed by atoms with Crippen molar-refractivity contribution in [3.8, 4) is 0 Å². The number of fused-ring (bicyclic) bond motifs is 1. The SMILES string of the molecule is C/C(=C\C(=O)N(C)[C@H](Cc1ccc2ccccc2c1)C(=O)N(C)[C@H](Cc1cccs1)C(=O)NC[C@@H](C)O)CC(C)(C)N. The first-order valence-electron chi connectivity index (χ1n) is 14.2. The summed E-state index contributed by atoms with van der Waals surface area (Å²) >= 11 is 1.51. The lowest BCUT2D eigenvalue weighted by Gasteiger charge is -2.34. The number of carbonyl (C=O) groups excluding carboxylic acids is 3. The Morgan fingerprint density at radius 3 is 2.31 bits per heavy atom. The van der Waals surface area contributed by atoms with Crippen LogP contribution in [-0.4, -0.2) is 77.0 Å². The van der Waals surface area contributed by atoms with Crippen LogP contribution in [0.25, 0.3) is 10.8 Å². The average molecular weight is 593 g/mol. The lowest BCUT2D eigenvalue weighted by molar-refractivity contribution is -0.146. The maximum atomic E-state index is 14.2. The molecule has 226 valence electrons. The maximum Gasteiger partial charge on any atom is 0.246 e. The maximum absolute atomic E-state index is 14.2. The Kier molecular flexibility index (Phi) is 11.4. The molecule has 3 aromatic rings. The van der Waals surface area contributed by atoms with Crippen molar-refractivity contribution in [3.63, 3.8) is 0 Å². The summed E-state index contributed by atoms with van der Waals surface area (Å²) in [5, 5.41) is 16.5. The van der Waals surface area contributed by atoms with Crippen molar-refractivity contribution in [2.75, 3.05) is 20.6 Å². The van der Waals surface area contributed by atoms with Gasteiger partial charge >= 0.3 is 0 Å². The highest BCUT2D eigenvalue weighted by molar-refractivity contribution is 7.09. The average Bonchev–Trinajstić information content (AvgIpc) is 3.44. The van der Waals surface area contributed by atoms with E-state index in [-0.39, 0.29) is 30.7 Å². The van der Waals surface area contributed by atoms with E-state index in [2.05, 4.69) is 5.32 Å². The standard InChI is InChI=1S/C33H44N4O4S/c1-22(20-33(3,4)34)16-30(39)36(5)29(18-24-13-14-25-10-7-8-11-26(25)17-24)32(41)37(6)28(19-27-12-9-15-42-27)31(40)35-21-23(2)38/h7-17,23,28-29,38H,18-21,34H2,1-6H3,(H,35,40)/b22-16+/t23-,28-,29-/m1/s1. The number of nitrogens with two attached hydrogens (primary N) is 1. The molecule has 4 N–H and O–H groups in total. The highest BCUT2D eigenvalue weighted by atomic mass is 32.1. The highest BCUT2D eigenvalue weighted by Crippen LogP contribution is 2.21. The molecule has 0 radical (unpaired) electrons. The number of carbonyl (C=O) groups is 3. The molecule has 1 aromatic heterocycles. The fourth-order valence-electron chi connectivity index (χ4n) is 4.99. The number of aliphatic hydroxyl groups excluding tert-OH is 1. The van der Waals surface area contributed by atoms with Gasteiger partial charge in [-0.25, -0.2) is 0 Å². The number of likely N-dealkylation sites (N-methyl/N-ethyl adjacent to an activating group) is 2. The Morgan fingerprint density at radius 2 is 1.69 bits per heavy atom. The largest absolute Gasteiger partial charge is 0.392 e. The number of nitrogens with one attached hydrogen (secondary N) is 1. The number of hydrogen-bond acceptors (Lipinski definition) is 6. The molecule has 9 heteroatoms. The van der Waals surface area contributed by atoms with Gasteiger partial charge in [-0.05, 0) is 61.9 Å². The molecular weight excluding hydrogens is 548 g/mol. The van der Waals surface area contributed by atoms with Crippen molar-refractivity contribution in [3.05, 3.63) is 82.1 Å². The number of hydrogen-bond donors (Lipinski definition) is 3. The van der Waals surface area contributed by atoms with E-state index in [1.54, 1.807) is 21.0 Å². The number of rotatable bonds is 13. The molecule has 3 atom stereocenters. The quantitative estimate of drug-likeness (QED) is 0.260. The zero-order valence-electron chi connectivity index (χ0n) is 25.5. The molecule has 0 saturated heterocycles. The minimum absolute atomic E-state index is 0.0717. The predicted octanol–water partition coefficient (Wildman–Crippen LogP) is 3.91. The molecule has 0 aliphatic heterocycles. The van der Waals surface area contributed by atoms with Gasteiger partial charge in [-0.3, -0.25) is 14.4 Å². The molecule has 2 aromatic carbocycles. The van der Waals surface area contributed by atoms with Gasteiger partial charge in [-0.15, -0.1) is 11.3 Å². The highest BCUT2D eigenvalue weighted by Gasteiger charge is 2.35. The number of amides is 3. The molecule has 0 saturated carbocycles. The zero-order chi connectivity index (χ0) is 31.0. The van der Waals surface area contributed by atoms with Crippen molar-refractivity contribution in [1.82, 2.24) is 15.1 Å². The van der Waals surface area contributed by atoms with E-state index in [0.717, 1.165) is 26.8 Å². The van der Waals surface area contributed by atoms with Gasteiger partial charge in [0.2, 0.25) is 17.7 Å². The second kappa shape index (κ2) is 14.6. The molecule has 0 unspecified atom stereocenters. The molecule has 1 heterocycles. The smallest absolute Gasteiger partial charge is 0.246 e. The van der Waals surface area contributed by atoms with Crippen molar-refractivity contribution in [2.24, 2.45) is 5.73 Å². The molecule has 3 rings (SSSR count). The van der Waals surface area contributed by atoms with Gasteiger partial charge in [0, 0.05) is 50.0 Å². The second-order valence-corrected chi connectivity index (χ2v) is 12.9. The van der Waals surface area contributed by atoms with Crippen LogP contribution in [0, 0.1) is 0 Å². The molecule has 0 bridgehead atoms. The molecule has 3 amide bonds. The molecule has 42 heavy (non-hydrogen) atoms. The number of benzene rings is 2. The number of aliphatic hydroxyl groups is 1. The van der Waals surface area contributed by atoms with Crippen molar-refractivity contribution in [1.29, 1.82) is 0 Å². The fourth-order valence-corrected chi connectivity index (χ4v) is 5.74. The molecule has 0 aliphatic rings. The van der Waals surface area contributed by atoms with Crippen LogP contribution in [0.3, 0.4) is 0 Å². The number of nitrogens with zero attached hydrogens (tertiary/aromatic N) is 2. The Hall–Kier alpha value is -3.53. The van der Waals surface area contributed by atoms with E-state index in [1.807, 2.05) is 80.7 Å². The minimum atomic E-state index is -0.867. The van der Waals surface area contributed by atoms with Gasteiger partial charge in [-0.2, -0.15) is 0 Å². The van der Waals surface area contributed by atoms with Gasteiger partial charge in [0.15, 0.2) is 0 Å². The lowest BCUT2D eigenvalue weighted by Crippen LogP contribution is -2.56. The third-order valence-corrected chi connectivity index (χ3v) is 8.01. The topological polar surface area (TPSA) is 116 Å². The van der Waals surface area contributed by atoms with E-state index in [0.29, 0.717) is 12.8 Å². The zero-order valence-corrected chi connectivity index (χ0v) is 26.3. The van der Waals surface area contributed by atoms with E-state index >= 15 is 0 Å². The minimum Gasteiger partial charge on any atom is -0.392 e. The normalized spacial score (nSPS) is 14.2. The Morgan fingerprint density at radius 1 is 1.00 bits per heavy atom. The Labute approximate surface area is 253 Å². The van der Waals surface area contributed by atoms with Crippen LogP contribution in [0.1, 0.15) is 44.6 Å². The summed E-state index contributed by atoms with van der Waals surface area (Å²) in [6.45, 7) is 7.31. The van der Waals surface area contributed by atoms with Crippen LogP contribution < -0.4 is 11.1 Å². The van der Waals surface area contributed by atoms with Gasteiger partial charge in [0.05, 0.1) is 6.10 Å². The third kappa shape index (κ3) is 9.51. The summed E-state index contributed by atoms with van der Waals surface area (Å²) < 4.78 is 0. The summed E-state index contributed by atoms with van der Waals surface area (Å²) in [4.78, 5) is 44.9. The van der Waals surface area contributed by atoms with Crippen LogP contribution in [0.5, 0.6) is 0 Å². The summed E-state index contributed by atoms with van der Waals surface area (Å²) in [6, 6.07) is 16.1. The number of thiophene rings is 1. The van der Waals surface area contributed by atoms with E-state index in [9.17, 15) is 19.5 Å². The van der Waals surface area contributed by atoms with Gasteiger partial charge in [0.25, 0.3) is 0 Å². The van der Waals surface area contributed by atoms with Crippen LogP contribution >= 0.6 is 11.3 Å². The lowest BCUT2D eigenvalue weighted by atomic mass is 9.96. The Bertz CT molecular complexity index is 1390. The molecule has 0 aliphatic carbocycles. The molecule has 0 fully saturated rings. The van der Waals surface area contributed by atoms with Crippen LogP contribution in [0.4, 0.5) is 0 Å². The van der Waals surface area contributed by atoms with Crippen LogP contribution in [0.2, 0.25) is 0 Å². The second-order valence-electron chi connectivity index (χ2n) is 11.8. The van der Waals surface area contributed by atoms with Gasteiger partial charge in [0.1, 0.15) is 12.1 Å². The van der Waals surface area contributed by atoms with Crippen LogP contribution in [-0.2, 0) is 27.2 Å². The van der Waals surface area contributed by atoms with Crippen molar-refractivity contribution < 1.29 is 19.5 Å². The summed E-state index contributed by atoms with van der Waals surface area (Å²) in [5.41, 5.74) is 7.40. The first-order chi connectivity index (χ1) is 19.7. The summed E-state index contributed by atoms with van der Waals surface area (Å²) in [6.07, 6.45) is 1.93. The van der Waals surface area contributed by atoms with Crippen molar-refractivity contribution >= 4 is 39.8 Å². The monoisotopic (exact) mass is 592 g/mol. The van der Waals surface area contributed by atoms with E-state index in [4.69, 9.17) is 5.73 Å². The van der Waals surface area contributed by atoms with Crippen LogP contribution in [0.15, 0.2) is 71.6 Å². The molecular formula is C33H44N4O4S. The summed E-state index contributed by atoms with van der Waals surface area (Å²) in [5.74, 6) is -1.02. The first kappa shape index (κ1) is 33.0. The first-order valence-corrected chi connectivity index (χ1v) is 15.1. The summed E-state index contributed by atoms with van der Waals surface area (Å²) in [7, 11) is 3.23. The van der Waals surface area contributed by atoms with E-state index < -0.39 is 23.7 Å². The molecule has 0 spiro atoms. The van der Waals surface area contributed by atoms with Gasteiger partial charge < -0.3 is 26.0 Å². The van der Waals surface area contributed by atoms with Crippen molar-refractivity contribution in [2.45, 2.75) is 70.7 Å². The third-order valence-electron chi connectivity index (χ3n) is 7.11. The van der Waals surface area contributed by atoms with E-state index in [1.165, 1.54) is 27.2 Å². The molecule has 8 nitrogen and oxygen atoms in total. The van der Waals surface area contributed by atoms with Gasteiger partial charge in [-0.1, -0.05) is 54.1 Å².